The largest absolute Gasteiger partial charge is 0.495 e. The lowest BCUT2D eigenvalue weighted by Crippen LogP contribution is -2.52. The van der Waals surface area contributed by atoms with E-state index < -0.39 is 28.5 Å². The molecule has 3 rings (SSSR count). The zero-order valence-electron chi connectivity index (χ0n) is 26.3. The number of nitrogens with zero attached hydrogens (tertiary/aromatic N) is 2. The average Bonchev–Trinajstić information content (AvgIpc) is 3.04. The molecule has 3 aromatic carbocycles. The number of ether oxygens (including phenoxy) is 3. The monoisotopic (exact) mass is 713 g/mol. The van der Waals surface area contributed by atoms with Crippen LogP contribution in [0.1, 0.15) is 38.7 Å². The van der Waals surface area contributed by atoms with Gasteiger partial charge in [-0.15, -0.1) is 0 Å². The van der Waals surface area contributed by atoms with E-state index in [-0.39, 0.29) is 56.0 Å². The molecule has 250 valence electrons. The molecule has 1 atom stereocenters. The van der Waals surface area contributed by atoms with Crippen molar-refractivity contribution in [1.82, 2.24) is 10.2 Å². The zero-order valence-corrected chi connectivity index (χ0v) is 29.4. The van der Waals surface area contributed by atoms with Gasteiger partial charge in [0.2, 0.25) is 11.8 Å². The summed E-state index contributed by atoms with van der Waals surface area (Å²) in [5, 5.41) is 3.67. The van der Waals surface area contributed by atoms with Gasteiger partial charge < -0.3 is 24.4 Å². The number of rotatable bonds is 16. The molecule has 0 saturated heterocycles. The Morgan fingerprint density at radius 3 is 2.09 bits per heavy atom. The van der Waals surface area contributed by atoms with E-state index in [0.29, 0.717) is 17.9 Å². The van der Waals surface area contributed by atoms with Crippen LogP contribution in [0.2, 0.25) is 15.1 Å². The van der Waals surface area contributed by atoms with Gasteiger partial charge in [0.05, 0.1) is 31.9 Å². The van der Waals surface area contributed by atoms with Gasteiger partial charge in [0.25, 0.3) is 10.0 Å². The maximum absolute atomic E-state index is 14.4. The first kappa shape index (κ1) is 37.1. The van der Waals surface area contributed by atoms with Crippen LogP contribution in [0.5, 0.6) is 17.2 Å². The molecule has 0 aliphatic rings. The number of carbonyl (C=O) groups is 2. The molecule has 2 amide bonds. The number of hydrogen-bond donors (Lipinski definition) is 1. The molecule has 0 aliphatic carbocycles. The van der Waals surface area contributed by atoms with Gasteiger partial charge in [0.15, 0.2) is 11.5 Å². The second kappa shape index (κ2) is 17.0. The minimum absolute atomic E-state index is 0.00862. The van der Waals surface area contributed by atoms with Gasteiger partial charge in [-0.25, -0.2) is 8.42 Å². The number of nitrogens with one attached hydrogen (secondary N) is 1. The van der Waals surface area contributed by atoms with Gasteiger partial charge in [-0.1, -0.05) is 61.1 Å². The molecule has 0 heterocycles. The number of sulfonamides is 1. The lowest BCUT2D eigenvalue weighted by atomic mass is 10.1. The molecule has 0 saturated carbocycles. The van der Waals surface area contributed by atoms with Crippen molar-refractivity contribution >= 4 is 62.3 Å². The average molecular weight is 715 g/mol. The molecule has 0 radical (unpaired) electrons. The van der Waals surface area contributed by atoms with Crippen LogP contribution in [0.3, 0.4) is 0 Å². The fourth-order valence-corrected chi connectivity index (χ4v) is 6.87. The maximum atomic E-state index is 14.4. The Morgan fingerprint density at radius 2 is 1.50 bits per heavy atom. The fourth-order valence-electron chi connectivity index (χ4n) is 4.75. The quantitative estimate of drug-likeness (QED) is 0.167. The Morgan fingerprint density at radius 1 is 0.870 bits per heavy atom. The molecule has 1 unspecified atom stereocenters. The van der Waals surface area contributed by atoms with Gasteiger partial charge >= 0.3 is 0 Å². The second-order valence-corrected chi connectivity index (χ2v) is 13.2. The van der Waals surface area contributed by atoms with Gasteiger partial charge in [0, 0.05) is 39.8 Å². The molecule has 0 fully saturated rings. The number of anilines is 1. The minimum atomic E-state index is -4.49. The number of benzene rings is 3. The summed E-state index contributed by atoms with van der Waals surface area (Å²) >= 11 is 19.3. The van der Waals surface area contributed by atoms with Crippen LogP contribution in [0.4, 0.5) is 5.69 Å². The zero-order chi connectivity index (χ0) is 34.0. The van der Waals surface area contributed by atoms with Crippen LogP contribution in [0.15, 0.2) is 59.5 Å². The molecule has 46 heavy (non-hydrogen) atoms. The molecule has 1 N–H and O–H groups in total. The third kappa shape index (κ3) is 8.70. The molecular formula is C32H38Cl3N3O7S. The van der Waals surface area contributed by atoms with Gasteiger partial charge in [-0.05, 0) is 55.3 Å². The van der Waals surface area contributed by atoms with Gasteiger partial charge in [0.1, 0.15) is 18.3 Å². The summed E-state index contributed by atoms with van der Waals surface area (Å²) in [6, 6.07) is 12.4. The molecule has 14 heteroatoms. The number of unbranched alkanes of at least 4 members (excludes halogenated alkanes) is 1. The van der Waals surface area contributed by atoms with Crippen LogP contribution >= 0.6 is 34.8 Å². The summed E-state index contributed by atoms with van der Waals surface area (Å²) in [5.74, 6) is -0.460. The molecule has 0 bridgehead atoms. The highest BCUT2D eigenvalue weighted by Gasteiger charge is 2.35. The van der Waals surface area contributed by atoms with E-state index in [1.54, 1.807) is 25.1 Å². The molecule has 0 aromatic heterocycles. The maximum Gasteiger partial charge on any atom is 0.265 e. The van der Waals surface area contributed by atoms with Crippen LogP contribution in [0.25, 0.3) is 0 Å². The molecule has 0 spiro atoms. The van der Waals surface area contributed by atoms with E-state index in [4.69, 9.17) is 49.0 Å². The van der Waals surface area contributed by atoms with Gasteiger partial charge in [-0.2, -0.15) is 0 Å². The first-order valence-corrected chi connectivity index (χ1v) is 17.1. The molecule has 10 nitrogen and oxygen atoms in total. The number of methoxy groups -OCH3 is 3. The highest BCUT2D eigenvalue weighted by molar-refractivity contribution is 7.92. The summed E-state index contributed by atoms with van der Waals surface area (Å²) in [4.78, 5) is 29.0. The van der Waals surface area contributed by atoms with Crippen LogP contribution in [0, 0.1) is 0 Å². The normalized spacial score (nSPS) is 11.8. The first-order valence-electron chi connectivity index (χ1n) is 14.5. The first-order chi connectivity index (χ1) is 21.9. The number of amides is 2. The summed E-state index contributed by atoms with van der Waals surface area (Å²) in [6.07, 6.45) is 1.84. The topological polar surface area (TPSA) is 114 Å². The van der Waals surface area contributed by atoms with Crippen molar-refractivity contribution in [1.29, 1.82) is 0 Å². The SMILES string of the molecule is CCCCNC(=O)C(CC)N(Cc1c(Cl)cccc1Cl)C(=O)CN(c1cc(Cl)ccc1OC)S(=O)(=O)c1ccc(OC)c(OC)c1. The van der Waals surface area contributed by atoms with Crippen molar-refractivity contribution in [2.45, 2.75) is 50.6 Å². The minimum Gasteiger partial charge on any atom is -0.495 e. The standard InChI is InChI=1S/C32H38Cl3N3O7S/c1-6-8-16-36-32(40)26(7-2)37(19-23-24(34)10-9-11-25(23)35)31(39)20-38(27-17-21(33)12-14-28(27)43-3)46(41,42)22-13-15-29(44-4)30(18-22)45-5/h9-15,17-18,26H,6-8,16,19-20H2,1-5H3,(H,36,40). The Balaban J connectivity index is 2.19. The second-order valence-electron chi connectivity index (χ2n) is 10.1. The van der Waals surface area contributed by atoms with Crippen LogP contribution in [-0.2, 0) is 26.2 Å². The fraction of sp³-hybridized carbons (Fsp3) is 0.375. The van der Waals surface area contributed by atoms with E-state index in [0.717, 1.165) is 17.1 Å². The van der Waals surface area contributed by atoms with Gasteiger partial charge in [-0.3, -0.25) is 13.9 Å². The predicted octanol–water partition coefficient (Wildman–Crippen LogP) is 6.59. The van der Waals surface area contributed by atoms with Crippen molar-refractivity contribution in [2.24, 2.45) is 0 Å². The van der Waals surface area contributed by atoms with Crippen LogP contribution in [-0.4, -0.2) is 65.6 Å². The lowest BCUT2D eigenvalue weighted by molar-refractivity contribution is -0.140. The smallest absolute Gasteiger partial charge is 0.265 e. The Labute approximate surface area is 285 Å². The lowest BCUT2D eigenvalue weighted by Gasteiger charge is -2.34. The summed E-state index contributed by atoms with van der Waals surface area (Å²) in [7, 11) is -0.314. The number of hydrogen-bond acceptors (Lipinski definition) is 7. The predicted molar refractivity (Wildman–Crippen MR) is 181 cm³/mol. The van der Waals surface area contributed by atoms with E-state index in [9.17, 15) is 18.0 Å². The van der Waals surface area contributed by atoms with E-state index in [1.807, 2.05) is 6.92 Å². The van der Waals surface area contributed by atoms with Crippen LogP contribution < -0.4 is 23.8 Å². The van der Waals surface area contributed by atoms with Crippen molar-refractivity contribution in [3.63, 3.8) is 0 Å². The third-order valence-electron chi connectivity index (χ3n) is 7.24. The molecular weight excluding hydrogens is 677 g/mol. The van der Waals surface area contributed by atoms with Crippen molar-refractivity contribution in [3.05, 3.63) is 75.2 Å². The Kier molecular flexibility index (Phi) is 13.7. The molecule has 0 aliphatic heterocycles. The van der Waals surface area contributed by atoms with Crippen molar-refractivity contribution in [2.75, 3.05) is 38.7 Å². The highest BCUT2D eigenvalue weighted by atomic mass is 35.5. The van der Waals surface area contributed by atoms with E-state index in [2.05, 4.69) is 5.32 Å². The molecule has 3 aromatic rings. The highest BCUT2D eigenvalue weighted by Crippen LogP contribution is 2.37. The Hall–Kier alpha value is -3.38. The van der Waals surface area contributed by atoms with E-state index in [1.165, 1.54) is 62.6 Å². The number of carbonyl (C=O) groups excluding carboxylic acids is 2. The van der Waals surface area contributed by atoms with Crippen molar-refractivity contribution < 1.29 is 32.2 Å². The van der Waals surface area contributed by atoms with Crippen molar-refractivity contribution in [3.8, 4) is 17.2 Å². The summed E-state index contributed by atoms with van der Waals surface area (Å²) in [5.41, 5.74) is 0.419. The number of halogens is 3. The van der Waals surface area contributed by atoms with E-state index >= 15 is 0 Å². The third-order valence-corrected chi connectivity index (χ3v) is 9.94. The summed E-state index contributed by atoms with van der Waals surface area (Å²) in [6.45, 7) is 3.29. The summed E-state index contributed by atoms with van der Waals surface area (Å²) < 4.78 is 45.8. The Bertz CT molecular complexity index is 1620.